The molecule has 0 saturated carbocycles. The number of amides is 2. The maximum atomic E-state index is 13.0. The van der Waals surface area contributed by atoms with E-state index in [-0.39, 0.29) is 11.8 Å². The lowest BCUT2D eigenvalue weighted by atomic mass is 9.90. The second-order valence-electron chi connectivity index (χ2n) is 6.33. The van der Waals surface area contributed by atoms with Crippen LogP contribution in [0.1, 0.15) is 24.0 Å². The third kappa shape index (κ3) is 4.94. The number of carbonyl (C=O) groups excluding carboxylic acids is 2. The van der Waals surface area contributed by atoms with Crippen molar-refractivity contribution in [3.63, 3.8) is 0 Å². The summed E-state index contributed by atoms with van der Waals surface area (Å²) in [5.41, 5.74) is 7.83. The van der Waals surface area contributed by atoms with Crippen molar-refractivity contribution in [2.45, 2.75) is 18.9 Å². The second-order valence-corrected chi connectivity index (χ2v) is 6.33. The molecule has 1 aromatic heterocycles. The van der Waals surface area contributed by atoms with E-state index in [0.29, 0.717) is 5.69 Å². The average Bonchev–Trinajstić information content (AvgIpc) is 2.74. The van der Waals surface area contributed by atoms with Crippen molar-refractivity contribution < 1.29 is 9.59 Å². The Hall–Kier alpha value is -3.67. The minimum Gasteiger partial charge on any atom is -0.344 e. The molecular formula is C22H22N4O2. The Labute approximate surface area is 164 Å². The summed E-state index contributed by atoms with van der Waals surface area (Å²) < 4.78 is 0. The smallest absolute Gasteiger partial charge is 0.260 e. The summed E-state index contributed by atoms with van der Waals surface area (Å²) in [4.78, 5) is 29.3. The number of hydrogen-bond donors (Lipinski definition) is 3. The van der Waals surface area contributed by atoms with Gasteiger partial charge >= 0.3 is 0 Å². The van der Waals surface area contributed by atoms with Crippen molar-refractivity contribution in [3.05, 3.63) is 96.3 Å². The number of anilines is 1. The van der Waals surface area contributed by atoms with Crippen LogP contribution in [-0.4, -0.2) is 22.8 Å². The molecule has 0 spiro atoms. The van der Waals surface area contributed by atoms with Gasteiger partial charge in [-0.25, -0.2) is 0 Å². The maximum absolute atomic E-state index is 13.0. The number of benzene rings is 2. The van der Waals surface area contributed by atoms with Gasteiger partial charge in [-0.15, -0.1) is 0 Å². The van der Waals surface area contributed by atoms with Crippen molar-refractivity contribution >= 4 is 17.5 Å². The first-order valence-corrected chi connectivity index (χ1v) is 9.01. The van der Waals surface area contributed by atoms with Crippen LogP contribution < -0.4 is 16.2 Å². The summed E-state index contributed by atoms with van der Waals surface area (Å²) in [5, 5.41) is 2.81. The van der Waals surface area contributed by atoms with Crippen LogP contribution in [0.15, 0.2) is 85.2 Å². The van der Waals surface area contributed by atoms with E-state index < -0.39 is 12.0 Å². The lowest BCUT2D eigenvalue weighted by Gasteiger charge is -2.21. The van der Waals surface area contributed by atoms with Crippen molar-refractivity contribution in [3.8, 4) is 0 Å². The highest BCUT2D eigenvalue weighted by molar-refractivity contribution is 5.92. The Balaban J connectivity index is 1.68. The molecule has 3 aromatic rings. The number of hydrazine groups is 1. The highest BCUT2D eigenvalue weighted by Crippen LogP contribution is 2.24. The first-order valence-electron chi connectivity index (χ1n) is 9.01. The topological polar surface area (TPSA) is 83.1 Å². The summed E-state index contributed by atoms with van der Waals surface area (Å²) >= 11 is 0. The minimum absolute atomic E-state index is 0.232. The van der Waals surface area contributed by atoms with Crippen molar-refractivity contribution in [1.82, 2.24) is 15.7 Å². The molecule has 0 aliphatic rings. The predicted molar refractivity (Wildman–Crippen MR) is 108 cm³/mol. The number of nitrogens with one attached hydrogen (secondary N) is 3. The molecule has 0 bridgehead atoms. The fourth-order valence-electron chi connectivity index (χ4n) is 2.83. The quantitative estimate of drug-likeness (QED) is 0.556. The minimum atomic E-state index is -0.711. The number of aromatic nitrogens is 1. The zero-order valence-corrected chi connectivity index (χ0v) is 15.5. The molecule has 3 N–H and O–H groups in total. The zero-order chi connectivity index (χ0) is 19.8. The van der Waals surface area contributed by atoms with Crippen LogP contribution in [0.2, 0.25) is 0 Å². The standard InChI is InChI=1S/C22H22N4O2/c1-16(21(27)26-25-19-12-14-23-15-13-19)24-22(28)20(17-8-4-2-5-9-17)18-10-6-3-7-11-18/h2-16,20H,1H3,(H,23,25)(H,24,28)(H,26,27)/t16-/m1/s1. The van der Waals surface area contributed by atoms with Crippen molar-refractivity contribution in [2.75, 3.05) is 5.43 Å². The van der Waals surface area contributed by atoms with Gasteiger partial charge in [-0.1, -0.05) is 60.7 Å². The van der Waals surface area contributed by atoms with Gasteiger partial charge in [0.05, 0.1) is 11.6 Å². The van der Waals surface area contributed by atoms with E-state index >= 15 is 0 Å². The summed E-state index contributed by atoms with van der Waals surface area (Å²) in [7, 11) is 0. The van der Waals surface area contributed by atoms with Gasteiger partial charge in [-0.3, -0.25) is 25.4 Å². The van der Waals surface area contributed by atoms with Gasteiger partial charge in [0.15, 0.2) is 0 Å². The summed E-state index contributed by atoms with van der Waals surface area (Å²) in [6, 6.07) is 21.8. The SMILES string of the molecule is C[C@@H](NC(=O)C(c1ccccc1)c1ccccc1)C(=O)NNc1ccncc1. The van der Waals surface area contributed by atoms with Crippen molar-refractivity contribution in [1.29, 1.82) is 0 Å². The molecular weight excluding hydrogens is 352 g/mol. The fraction of sp³-hybridized carbons (Fsp3) is 0.136. The number of hydrogen-bond acceptors (Lipinski definition) is 4. The Bertz CT molecular complexity index is 862. The Morgan fingerprint density at radius 2 is 1.32 bits per heavy atom. The van der Waals surface area contributed by atoms with Crippen molar-refractivity contribution in [2.24, 2.45) is 0 Å². The lowest BCUT2D eigenvalue weighted by molar-refractivity contribution is -0.128. The largest absolute Gasteiger partial charge is 0.344 e. The lowest BCUT2D eigenvalue weighted by Crippen LogP contribution is -2.47. The molecule has 2 amide bonds. The monoisotopic (exact) mass is 374 g/mol. The second kappa shape index (κ2) is 9.32. The highest BCUT2D eigenvalue weighted by Gasteiger charge is 2.25. The molecule has 0 aliphatic carbocycles. The van der Waals surface area contributed by atoms with Crippen LogP contribution in [0.25, 0.3) is 0 Å². The van der Waals surface area contributed by atoms with E-state index in [1.165, 1.54) is 0 Å². The molecule has 6 heteroatoms. The van der Waals surface area contributed by atoms with Crippen LogP contribution in [0.3, 0.4) is 0 Å². The molecule has 28 heavy (non-hydrogen) atoms. The Kier molecular flexibility index (Phi) is 6.36. The van der Waals surface area contributed by atoms with Crippen LogP contribution in [0.5, 0.6) is 0 Å². The summed E-state index contributed by atoms with van der Waals surface area (Å²) in [6.07, 6.45) is 3.23. The Morgan fingerprint density at radius 3 is 1.86 bits per heavy atom. The molecule has 0 aliphatic heterocycles. The van der Waals surface area contributed by atoms with E-state index in [0.717, 1.165) is 11.1 Å². The molecule has 1 heterocycles. The van der Waals surface area contributed by atoms with Crippen LogP contribution in [0, 0.1) is 0 Å². The van der Waals surface area contributed by atoms with Crippen LogP contribution in [0.4, 0.5) is 5.69 Å². The van der Waals surface area contributed by atoms with Gasteiger partial charge in [-0.2, -0.15) is 0 Å². The van der Waals surface area contributed by atoms with E-state index in [9.17, 15) is 9.59 Å². The van der Waals surface area contributed by atoms with E-state index in [1.807, 2.05) is 60.7 Å². The molecule has 142 valence electrons. The zero-order valence-electron chi connectivity index (χ0n) is 15.5. The van der Waals surface area contributed by atoms with Gasteiger partial charge in [0.25, 0.3) is 5.91 Å². The van der Waals surface area contributed by atoms with E-state index in [4.69, 9.17) is 0 Å². The number of pyridine rings is 1. The van der Waals surface area contributed by atoms with Gasteiger partial charge in [0, 0.05) is 12.4 Å². The molecule has 3 rings (SSSR count). The third-order valence-corrected chi connectivity index (χ3v) is 4.29. The predicted octanol–water partition coefficient (Wildman–Crippen LogP) is 2.86. The maximum Gasteiger partial charge on any atom is 0.260 e. The first-order chi connectivity index (χ1) is 13.6. The van der Waals surface area contributed by atoms with Gasteiger partial charge in [0.2, 0.25) is 5.91 Å². The Morgan fingerprint density at radius 1 is 0.786 bits per heavy atom. The molecule has 0 unspecified atom stereocenters. The van der Waals surface area contributed by atoms with Gasteiger partial charge in [0.1, 0.15) is 6.04 Å². The molecule has 6 nitrogen and oxygen atoms in total. The van der Waals surface area contributed by atoms with Gasteiger partial charge in [-0.05, 0) is 30.2 Å². The number of rotatable bonds is 7. The molecule has 2 aromatic carbocycles. The fourth-order valence-corrected chi connectivity index (χ4v) is 2.83. The molecule has 1 atom stereocenters. The van der Waals surface area contributed by atoms with Crippen LogP contribution >= 0.6 is 0 Å². The molecule has 0 fully saturated rings. The average molecular weight is 374 g/mol. The van der Waals surface area contributed by atoms with E-state index in [1.54, 1.807) is 31.5 Å². The van der Waals surface area contributed by atoms with E-state index in [2.05, 4.69) is 21.2 Å². The summed E-state index contributed by atoms with van der Waals surface area (Å²) in [5.74, 6) is -1.07. The first kappa shape index (κ1) is 19.1. The third-order valence-electron chi connectivity index (χ3n) is 4.29. The number of nitrogens with zero attached hydrogens (tertiary/aromatic N) is 1. The van der Waals surface area contributed by atoms with Crippen LogP contribution in [-0.2, 0) is 9.59 Å². The number of carbonyl (C=O) groups is 2. The molecule has 0 saturated heterocycles. The normalized spacial score (nSPS) is 11.5. The van der Waals surface area contributed by atoms with Gasteiger partial charge < -0.3 is 5.32 Å². The molecule has 0 radical (unpaired) electrons. The summed E-state index contributed by atoms with van der Waals surface area (Å²) in [6.45, 7) is 1.65. The highest BCUT2D eigenvalue weighted by atomic mass is 16.2.